The van der Waals surface area contributed by atoms with E-state index >= 15 is 0 Å². The summed E-state index contributed by atoms with van der Waals surface area (Å²) in [5, 5.41) is 5.13. The van der Waals surface area contributed by atoms with Crippen LogP contribution in [0.5, 0.6) is 0 Å². The fourth-order valence-electron chi connectivity index (χ4n) is 5.46. The lowest BCUT2D eigenvalue weighted by molar-refractivity contribution is 0.117. The second kappa shape index (κ2) is 11.3. The Hall–Kier alpha value is -3.71. The fourth-order valence-corrected chi connectivity index (χ4v) is 6.54. The monoisotopic (exact) mass is 584 g/mol. The zero-order valence-electron chi connectivity index (χ0n) is 23.1. The van der Waals surface area contributed by atoms with Crippen molar-refractivity contribution in [2.45, 2.75) is 51.2 Å². The van der Waals surface area contributed by atoms with E-state index in [-0.39, 0.29) is 29.8 Å². The molecule has 10 nitrogen and oxygen atoms in total. The van der Waals surface area contributed by atoms with Gasteiger partial charge in [-0.15, -0.1) is 0 Å². The van der Waals surface area contributed by atoms with Crippen LogP contribution in [0.1, 0.15) is 44.0 Å². The minimum absolute atomic E-state index is 0.0567. The molecule has 0 bridgehead atoms. The van der Waals surface area contributed by atoms with Crippen LogP contribution in [0.2, 0.25) is 0 Å². The number of anilines is 3. The van der Waals surface area contributed by atoms with Gasteiger partial charge in [0.15, 0.2) is 5.82 Å². The first kappa shape index (κ1) is 28.8. The number of fused-ring (bicyclic) bond motifs is 1. The van der Waals surface area contributed by atoms with E-state index in [0.29, 0.717) is 35.9 Å². The maximum absolute atomic E-state index is 13.1. The van der Waals surface area contributed by atoms with E-state index < -0.39 is 28.5 Å². The van der Waals surface area contributed by atoms with Gasteiger partial charge in [0.05, 0.1) is 17.5 Å². The zero-order chi connectivity index (χ0) is 29.5. The van der Waals surface area contributed by atoms with Crippen LogP contribution in [-0.2, 0) is 9.84 Å². The Morgan fingerprint density at radius 1 is 1.20 bits per heavy atom. The van der Waals surface area contributed by atoms with Gasteiger partial charge in [-0.3, -0.25) is 4.99 Å². The van der Waals surface area contributed by atoms with E-state index in [0.717, 1.165) is 22.0 Å². The Bertz CT molecular complexity index is 1630. The predicted molar refractivity (Wildman–Crippen MR) is 158 cm³/mol. The summed E-state index contributed by atoms with van der Waals surface area (Å²) in [6.45, 7) is 4.77. The molecule has 0 saturated carbocycles. The highest BCUT2D eigenvalue weighted by atomic mass is 32.2. The van der Waals surface area contributed by atoms with E-state index in [1.807, 2.05) is 17.0 Å². The van der Waals surface area contributed by atoms with Crippen molar-refractivity contribution in [3.8, 4) is 0 Å². The van der Waals surface area contributed by atoms with E-state index in [1.165, 1.54) is 12.5 Å². The van der Waals surface area contributed by atoms with Crippen molar-refractivity contribution < 1.29 is 17.2 Å². The predicted octanol–water partition coefficient (Wildman–Crippen LogP) is 3.83. The van der Waals surface area contributed by atoms with E-state index in [9.17, 15) is 17.2 Å². The van der Waals surface area contributed by atoms with E-state index in [2.05, 4.69) is 45.2 Å². The fraction of sp³-hybridized carbons (Fsp3) is 0.429. The largest absolute Gasteiger partial charge is 0.404 e. The maximum atomic E-state index is 13.1. The second-order valence-corrected chi connectivity index (χ2v) is 13.1. The van der Waals surface area contributed by atoms with E-state index in [1.54, 1.807) is 18.5 Å². The first-order valence-corrected chi connectivity index (χ1v) is 15.5. The molecule has 218 valence electrons. The number of alkyl halides is 2. The summed E-state index contributed by atoms with van der Waals surface area (Å²) in [5.74, 6) is 1.46. The summed E-state index contributed by atoms with van der Waals surface area (Å²) < 4.78 is 49.8. The summed E-state index contributed by atoms with van der Waals surface area (Å²) in [5.41, 5.74) is 15.2. The molecular weight excluding hydrogens is 550 g/mol. The number of pyridine rings is 1. The minimum Gasteiger partial charge on any atom is -0.404 e. The van der Waals surface area contributed by atoms with Crippen LogP contribution in [0.15, 0.2) is 47.9 Å². The number of hydrogen-bond acceptors (Lipinski definition) is 10. The van der Waals surface area contributed by atoms with Crippen molar-refractivity contribution in [3.05, 3.63) is 54.2 Å². The number of rotatable bonds is 9. The number of aliphatic imine (C=N–C) groups is 1. The Labute approximate surface area is 237 Å². The highest BCUT2D eigenvalue weighted by molar-refractivity contribution is 7.90. The van der Waals surface area contributed by atoms with Gasteiger partial charge in [-0.25, -0.2) is 32.2 Å². The molecule has 0 radical (unpaired) electrons. The summed E-state index contributed by atoms with van der Waals surface area (Å²) >= 11 is 0. The van der Waals surface area contributed by atoms with Crippen LogP contribution in [0.3, 0.4) is 0 Å². The third kappa shape index (κ3) is 6.01. The highest BCUT2D eigenvalue weighted by Gasteiger charge is 2.39. The molecule has 0 unspecified atom stereocenters. The molecule has 0 aliphatic carbocycles. The Morgan fingerprint density at radius 3 is 2.61 bits per heavy atom. The Kier molecular flexibility index (Phi) is 7.93. The van der Waals surface area contributed by atoms with Crippen molar-refractivity contribution >= 4 is 49.2 Å². The van der Waals surface area contributed by atoms with Crippen LogP contribution >= 0.6 is 0 Å². The number of nitrogens with one attached hydrogen (secondary N) is 1. The lowest BCUT2D eigenvalue weighted by Crippen LogP contribution is -2.63. The van der Waals surface area contributed by atoms with Gasteiger partial charge in [0.1, 0.15) is 27.5 Å². The lowest BCUT2D eigenvalue weighted by atomic mass is 9.92. The molecule has 3 atom stereocenters. The van der Waals surface area contributed by atoms with Crippen LogP contribution in [0.25, 0.3) is 16.3 Å². The van der Waals surface area contributed by atoms with Crippen LogP contribution in [0.4, 0.5) is 26.1 Å². The SMILES string of the molecule is CC(C)c1ccc(N2C[C@H](CS(C)(=O)=O)[C@H]2N)c2cnc(Nc3ccnc(C(=CN)C4=N[C@H](C(F)F)CC4)n3)cc12. The molecule has 1 saturated heterocycles. The summed E-state index contributed by atoms with van der Waals surface area (Å²) in [6, 6.07) is 6.68. The number of benzene rings is 1. The Balaban J connectivity index is 1.43. The molecule has 5 N–H and O–H groups in total. The number of hydrogen-bond donors (Lipinski definition) is 3. The summed E-state index contributed by atoms with van der Waals surface area (Å²) in [6.07, 6.45) is 3.57. The van der Waals surface area contributed by atoms with Gasteiger partial charge in [0.2, 0.25) is 0 Å². The molecule has 2 aliphatic rings. The second-order valence-electron chi connectivity index (χ2n) is 10.9. The van der Waals surface area contributed by atoms with Crippen molar-refractivity contribution in [1.82, 2.24) is 15.0 Å². The maximum Gasteiger partial charge on any atom is 0.260 e. The molecule has 4 heterocycles. The number of halogens is 2. The third-order valence-corrected chi connectivity index (χ3v) is 8.59. The molecule has 3 aromatic rings. The smallest absolute Gasteiger partial charge is 0.260 e. The number of sulfone groups is 1. The highest BCUT2D eigenvalue weighted by Crippen LogP contribution is 2.38. The topological polar surface area (TPSA) is 152 Å². The van der Waals surface area contributed by atoms with Gasteiger partial charge >= 0.3 is 0 Å². The third-order valence-electron chi connectivity index (χ3n) is 7.55. The quantitative estimate of drug-likeness (QED) is 0.341. The van der Waals surface area contributed by atoms with Gasteiger partial charge in [0.25, 0.3) is 6.43 Å². The average molecular weight is 585 g/mol. The summed E-state index contributed by atoms with van der Waals surface area (Å²) in [7, 11) is -3.12. The first-order chi connectivity index (χ1) is 19.4. The average Bonchev–Trinajstić information content (AvgIpc) is 3.40. The summed E-state index contributed by atoms with van der Waals surface area (Å²) in [4.78, 5) is 19.6. The molecule has 5 rings (SSSR count). The van der Waals surface area contributed by atoms with Crippen molar-refractivity contribution in [2.24, 2.45) is 22.4 Å². The standard InChI is InChI=1S/C28H34F2N8O2S/c1-15(2)17-4-7-23(38-13-16(27(38)32)14-41(3,39)40)20-12-34-25(10-18(17)20)36-24-8-9-33-28(37-24)19(11-31)21-5-6-22(35-21)26(29)30/h4,7-12,15-16,22,26-27H,5-6,13-14,31-32H2,1-3H3,(H,33,34,36,37)/t16-,22+,27+/m1/s1. The lowest BCUT2D eigenvalue weighted by Gasteiger charge is -2.47. The number of aromatic nitrogens is 3. The normalized spacial score (nSPS) is 21.5. The molecule has 41 heavy (non-hydrogen) atoms. The molecule has 13 heteroatoms. The zero-order valence-corrected chi connectivity index (χ0v) is 23.9. The molecule has 1 fully saturated rings. The van der Waals surface area contributed by atoms with Gasteiger partial charge < -0.3 is 21.7 Å². The van der Waals surface area contributed by atoms with Gasteiger partial charge in [-0.05, 0) is 47.9 Å². The minimum atomic E-state index is -3.12. The van der Waals surface area contributed by atoms with Crippen LogP contribution < -0.4 is 21.7 Å². The van der Waals surface area contributed by atoms with Gasteiger partial charge in [-0.1, -0.05) is 19.9 Å². The van der Waals surface area contributed by atoms with Crippen LogP contribution in [0, 0.1) is 5.92 Å². The molecule has 2 aromatic heterocycles. The molecule has 1 aromatic carbocycles. The number of nitrogens with two attached hydrogens (primary N) is 2. The number of allylic oxidation sites excluding steroid dienone is 1. The van der Waals surface area contributed by atoms with Gasteiger partial charge in [-0.2, -0.15) is 0 Å². The Morgan fingerprint density at radius 2 is 1.98 bits per heavy atom. The molecule has 0 amide bonds. The molecular formula is C28H34F2N8O2S. The molecule has 0 spiro atoms. The first-order valence-electron chi connectivity index (χ1n) is 13.4. The van der Waals surface area contributed by atoms with Crippen molar-refractivity contribution in [2.75, 3.05) is 28.8 Å². The van der Waals surface area contributed by atoms with Gasteiger partial charge in [0, 0.05) is 54.1 Å². The van der Waals surface area contributed by atoms with Crippen molar-refractivity contribution in [1.29, 1.82) is 0 Å². The number of nitrogens with zero attached hydrogens (tertiary/aromatic N) is 5. The van der Waals surface area contributed by atoms with Crippen molar-refractivity contribution in [3.63, 3.8) is 0 Å². The van der Waals surface area contributed by atoms with Crippen LogP contribution in [-0.4, -0.2) is 66.3 Å². The van der Waals surface area contributed by atoms with E-state index in [4.69, 9.17) is 11.5 Å². The molecule has 2 aliphatic heterocycles.